The highest BCUT2D eigenvalue weighted by atomic mass is 32.2. The molecule has 3 aromatic carbocycles. The summed E-state index contributed by atoms with van der Waals surface area (Å²) in [5.41, 5.74) is 0.640. The first-order chi connectivity index (χ1) is 11.5. The maximum Gasteiger partial charge on any atom is 0.185 e. The van der Waals surface area contributed by atoms with Crippen molar-refractivity contribution in [2.75, 3.05) is 0 Å². The molecule has 3 aromatic rings. The molecule has 1 unspecified atom stereocenters. The van der Waals surface area contributed by atoms with Crippen LogP contribution in [0.1, 0.15) is 24.2 Å². The van der Waals surface area contributed by atoms with Gasteiger partial charge in [0.15, 0.2) is 9.84 Å². The Labute approximate surface area is 141 Å². The minimum Gasteiger partial charge on any atom is -0.300 e. The Morgan fingerprint density at radius 3 is 2.17 bits per heavy atom. The lowest BCUT2D eigenvalue weighted by atomic mass is 10.1. The van der Waals surface area contributed by atoms with E-state index >= 15 is 0 Å². The molecule has 0 bridgehead atoms. The molecule has 0 radical (unpaired) electrons. The van der Waals surface area contributed by atoms with Crippen LogP contribution in [-0.4, -0.2) is 14.2 Å². The molecule has 0 N–H and O–H groups in total. The van der Waals surface area contributed by atoms with Gasteiger partial charge in [-0.15, -0.1) is 0 Å². The number of rotatable bonds is 5. The van der Waals surface area contributed by atoms with Gasteiger partial charge in [0.25, 0.3) is 0 Å². The van der Waals surface area contributed by atoms with Crippen molar-refractivity contribution < 1.29 is 13.2 Å². The van der Waals surface area contributed by atoms with Crippen LogP contribution in [0.15, 0.2) is 77.7 Å². The summed E-state index contributed by atoms with van der Waals surface area (Å²) in [6.07, 6.45) is -0.0286. The van der Waals surface area contributed by atoms with E-state index in [1.54, 1.807) is 42.5 Å². The van der Waals surface area contributed by atoms with Crippen LogP contribution in [-0.2, 0) is 14.6 Å². The number of benzene rings is 3. The minimum absolute atomic E-state index is 0.0286. The lowest BCUT2D eigenvalue weighted by molar-refractivity contribution is -0.117. The quantitative estimate of drug-likeness (QED) is 0.695. The van der Waals surface area contributed by atoms with Gasteiger partial charge >= 0.3 is 0 Å². The standard InChI is InChI=1S/C20H18O3S/c1-15(21)13-20(17-8-3-2-4-9-17)24(22,23)19-12-11-16-7-5-6-10-18(16)14-19/h2-12,14,20H,13H2,1H3. The third-order valence-electron chi connectivity index (χ3n) is 4.07. The summed E-state index contributed by atoms with van der Waals surface area (Å²) in [6.45, 7) is 1.42. The first-order valence-electron chi connectivity index (χ1n) is 7.75. The zero-order valence-electron chi connectivity index (χ0n) is 13.3. The molecule has 0 amide bonds. The van der Waals surface area contributed by atoms with Crippen molar-refractivity contribution in [1.82, 2.24) is 0 Å². The van der Waals surface area contributed by atoms with Crippen molar-refractivity contribution in [2.45, 2.75) is 23.5 Å². The Morgan fingerprint density at radius 2 is 1.50 bits per heavy atom. The van der Waals surface area contributed by atoms with E-state index in [2.05, 4.69) is 0 Å². The normalized spacial score (nSPS) is 12.9. The summed E-state index contributed by atoms with van der Waals surface area (Å²) >= 11 is 0. The van der Waals surface area contributed by atoms with E-state index in [1.807, 2.05) is 30.3 Å². The second-order valence-electron chi connectivity index (χ2n) is 5.86. The Bertz CT molecular complexity index is 976. The fourth-order valence-electron chi connectivity index (χ4n) is 2.84. The highest BCUT2D eigenvalue weighted by Crippen LogP contribution is 2.33. The molecule has 122 valence electrons. The molecular weight excluding hydrogens is 320 g/mol. The van der Waals surface area contributed by atoms with Crippen LogP contribution >= 0.6 is 0 Å². The number of hydrogen-bond donors (Lipinski definition) is 0. The van der Waals surface area contributed by atoms with E-state index in [-0.39, 0.29) is 17.1 Å². The predicted molar refractivity (Wildman–Crippen MR) is 95.6 cm³/mol. The molecule has 0 aliphatic rings. The van der Waals surface area contributed by atoms with Crippen molar-refractivity contribution in [2.24, 2.45) is 0 Å². The molecule has 0 aliphatic carbocycles. The second kappa shape index (κ2) is 6.57. The Balaban J connectivity index is 2.11. The van der Waals surface area contributed by atoms with Crippen molar-refractivity contribution in [1.29, 1.82) is 0 Å². The average molecular weight is 338 g/mol. The summed E-state index contributed by atoms with van der Waals surface area (Å²) in [7, 11) is -3.66. The summed E-state index contributed by atoms with van der Waals surface area (Å²) in [6, 6.07) is 21.6. The van der Waals surface area contributed by atoms with Crippen molar-refractivity contribution in [3.05, 3.63) is 78.4 Å². The van der Waals surface area contributed by atoms with Crippen LogP contribution in [0.4, 0.5) is 0 Å². The molecule has 3 rings (SSSR count). The molecule has 3 nitrogen and oxygen atoms in total. The molecule has 0 spiro atoms. The van der Waals surface area contributed by atoms with Crippen molar-refractivity contribution in [3.63, 3.8) is 0 Å². The van der Waals surface area contributed by atoms with Crippen LogP contribution in [0, 0.1) is 0 Å². The molecule has 0 saturated heterocycles. The van der Waals surface area contributed by atoms with Gasteiger partial charge in [0, 0.05) is 6.42 Å². The smallest absolute Gasteiger partial charge is 0.185 e. The molecule has 0 aromatic heterocycles. The largest absolute Gasteiger partial charge is 0.300 e. The molecule has 4 heteroatoms. The predicted octanol–water partition coefficient (Wildman–Crippen LogP) is 4.33. The molecule has 24 heavy (non-hydrogen) atoms. The number of carbonyl (C=O) groups is 1. The van der Waals surface area contributed by atoms with Crippen LogP contribution in [0.5, 0.6) is 0 Å². The second-order valence-corrected chi connectivity index (χ2v) is 7.99. The summed E-state index contributed by atoms with van der Waals surface area (Å²) in [5.74, 6) is -0.145. The molecule has 1 atom stereocenters. The van der Waals surface area contributed by atoms with E-state index in [9.17, 15) is 13.2 Å². The Hall–Kier alpha value is -2.46. The number of carbonyl (C=O) groups excluding carboxylic acids is 1. The van der Waals surface area contributed by atoms with Crippen LogP contribution in [0.25, 0.3) is 10.8 Å². The molecule has 0 fully saturated rings. The van der Waals surface area contributed by atoms with E-state index < -0.39 is 15.1 Å². The zero-order valence-corrected chi connectivity index (χ0v) is 14.2. The van der Waals surface area contributed by atoms with Crippen LogP contribution < -0.4 is 0 Å². The number of fused-ring (bicyclic) bond motifs is 1. The maximum atomic E-state index is 13.2. The first-order valence-corrected chi connectivity index (χ1v) is 9.30. The number of Topliss-reactive ketones (excluding diaryl/α,β-unsaturated/α-hetero) is 1. The Morgan fingerprint density at radius 1 is 0.875 bits per heavy atom. The SMILES string of the molecule is CC(=O)CC(c1ccccc1)S(=O)(=O)c1ccc2ccccc2c1. The highest BCUT2D eigenvalue weighted by Gasteiger charge is 2.30. The van der Waals surface area contributed by atoms with Gasteiger partial charge in [-0.1, -0.05) is 60.7 Å². The number of hydrogen-bond acceptors (Lipinski definition) is 3. The van der Waals surface area contributed by atoms with E-state index in [1.165, 1.54) is 6.92 Å². The number of sulfone groups is 1. The fourth-order valence-corrected chi connectivity index (χ4v) is 4.69. The third kappa shape index (κ3) is 3.24. The van der Waals surface area contributed by atoms with Gasteiger partial charge in [-0.3, -0.25) is 4.79 Å². The van der Waals surface area contributed by atoms with Gasteiger partial charge in [-0.25, -0.2) is 8.42 Å². The molecule has 0 heterocycles. The lowest BCUT2D eigenvalue weighted by Crippen LogP contribution is -2.16. The molecular formula is C20H18O3S. The Kier molecular flexibility index (Phi) is 4.49. The van der Waals surface area contributed by atoms with E-state index in [0.717, 1.165) is 10.8 Å². The van der Waals surface area contributed by atoms with Gasteiger partial charge in [0.1, 0.15) is 5.78 Å². The van der Waals surface area contributed by atoms with Crippen LogP contribution in [0.3, 0.4) is 0 Å². The van der Waals surface area contributed by atoms with E-state index in [0.29, 0.717) is 5.56 Å². The van der Waals surface area contributed by atoms with Gasteiger partial charge in [-0.2, -0.15) is 0 Å². The monoisotopic (exact) mass is 338 g/mol. The van der Waals surface area contributed by atoms with Gasteiger partial charge in [-0.05, 0) is 35.4 Å². The van der Waals surface area contributed by atoms with Gasteiger partial charge < -0.3 is 0 Å². The molecule has 0 saturated carbocycles. The first kappa shape index (κ1) is 16.4. The maximum absolute atomic E-state index is 13.2. The minimum atomic E-state index is -3.66. The number of ketones is 1. The summed E-state index contributed by atoms with van der Waals surface area (Å²) in [4.78, 5) is 11.9. The lowest BCUT2D eigenvalue weighted by Gasteiger charge is -2.17. The van der Waals surface area contributed by atoms with Crippen LogP contribution in [0.2, 0.25) is 0 Å². The van der Waals surface area contributed by atoms with Gasteiger partial charge in [0.05, 0.1) is 10.1 Å². The highest BCUT2D eigenvalue weighted by molar-refractivity contribution is 7.91. The topological polar surface area (TPSA) is 51.2 Å². The summed E-state index contributed by atoms with van der Waals surface area (Å²) in [5, 5.41) is 0.991. The molecule has 0 aliphatic heterocycles. The zero-order chi connectivity index (χ0) is 17.2. The van der Waals surface area contributed by atoms with Crippen molar-refractivity contribution >= 4 is 26.4 Å². The average Bonchev–Trinajstić information content (AvgIpc) is 2.59. The van der Waals surface area contributed by atoms with Gasteiger partial charge in [0.2, 0.25) is 0 Å². The fraction of sp³-hybridized carbons (Fsp3) is 0.150. The van der Waals surface area contributed by atoms with E-state index in [4.69, 9.17) is 0 Å². The summed E-state index contributed by atoms with van der Waals surface area (Å²) < 4.78 is 26.3. The third-order valence-corrected chi connectivity index (χ3v) is 6.17. The van der Waals surface area contributed by atoms with Crippen molar-refractivity contribution in [3.8, 4) is 0 Å².